The van der Waals surface area contributed by atoms with Crippen LogP contribution in [-0.2, 0) is 42.7 Å². The van der Waals surface area contributed by atoms with Crippen LogP contribution in [-0.4, -0.2) is 92.4 Å². The fourth-order valence-corrected chi connectivity index (χ4v) is 5.20. The van der Waals surface area contributed by atoms with Crippen LogP contribution in [0.15, 0.2) is 30.3 Å². The monoisotopic (exact) mass is 566 g/mol. The molecule has 0 bridgehead atoms. The van der Waals surface area contributed by atoms with Gasteiger partial charge in [-0.15, -0.1) is 0 Å². The maximum Gasteiger partial charge on any atom is 0.338 e. The molecule has 0 radical (unpaired) electrons. The Labute approximate surface area is 235 Å². The minimum absolute atomic E-state index is 0.204. The van der Waals surface area contributed by atoms with E-state index in [4.69, 9.17) is 33.2 Å². The smallest absolute Gasteiger partial charge is 0.338 e. The van der Waals surface area contributed by atoms with E-state index in [1.807, 2.05) is 13.8 Å². The predicted molar refractivity (Wildman–Crippen MR) is 141 cm³/mol. The average Bonchev–Trinajstić information content (AvgIpc) is 2.92. The van der Waals surface area contributed by atoms with Crippen LogP contribution in [0.5, 0.6) is 0 Å². The minimum Gasteiger partial charge on any atom is -0.463 e. The highest BCUT2D eigenvalue weighted by molar-refractivity contribution is 5.89. The van der Waals surface area contributed by atoms with E-state index in [2.05, 4.69) is 0 Å². The third-order valence-electron chi connectivity index (χ3n) is 7.34. The molecule has 224 valence electrons. The first-order valence-corrected chi connectivity index (χ1v) is 13.8. The Morgan fingerprint density at radius 2 is 1.65 bits per heavy atom. The molecule has 3 rings (SSSR count). The number of benzene rings is 1. The summed E-state index contributed by atoms with van der Waals surface area (Å²) >= 11 is 0. The van der Waals surface area contributed by atoms with Gasteiger partial charge in [0.2, 0.25) is 0 Å². The molecule has 2 aliphatic heterocycles. The van der Waals surface area contributed by atoms with Gasteiger partial charge in [0.1, 0.15) is 31.0 Å². The molecule has 11 heteroatoms. The van der Waals surface area contributed by atoms with Gasteiger partial charge in [0, 0.05) is 32.5 Å². The van der Waals surface area contributed by atoms with Crippen molar-refractivity contribution in [2.24, 2.45) is 11.8 Å². The van der Waals surface area contributed by atoms with Gasteiger partial charge in [-0.2, -0.15) is 0 Å². The minimum atomic E-state index is -1.29. The van der Waals surface area contributed by atoms with Crippen molar-refractivity contribution < 1.29 is 52.6 Å². The lowest BCUT2D eigenvalue weighted by Crippen LogP contribution is -2.62. The molecule has 0 aliphatic carbocycles. The second kappa shape index (κ2) is 15.0. The molecule has 5 unspecified atom stereocenters. The second-order valence-electron chi connectivity index (χ2n) is 10.3. The number of ether oxygens (including phenoxy) is 7. The number of aliphatic hydroxyl groups is 1. The highest BCUT2D eigenvalue weighted by atomic mass is 16.7. The lowest BCUT2D eigenvalue weighted by Gasteiger charge is -2.48. The van der Waals surface area contributed by atoms with Gasteiger partial charge in [0.25, 0.3) is 0 Å². The Hall–Kier alpha value is -2.41. The summed E-state index contributed by atoms with van der Waals surface area (Å²) in [6.45, 7) is 8.50. The summed E-state index contributed by atoms with van der Waals surface area (Å²) in [6, 6.07) is 8.46. The van der Waals surface area contributed by atoms with Crippen LogP contribution in [0.4, 0.5) is 0 Å². The van der Waals surface area contributed by atoms with Crippen molar-refractivity contribution in [1.29, 1.82) is 0 Å². The number of carbonyl (C=O) groups is 3. The van der Waals surface area contributed by atoms with Gasteiger partial charge in [-0.05, 0) is 25.5 Å². The summed E-state index contributed by atoms with van der Waals surface area (Å²) in [7, 11) is 1.47. The van der Waals surface area contributed by atoms with E-state index < -0.39 is 73.0 Å². The number of hydrogen-bond donors (Lipinski definition) is 1. The SMILES string of the molecule is CCCCOC1C(O)OC(COC(C)=O)[C@@H](O[C@@H]2OC(C(C)=O)[C@H](C)[C@@H](OC)C2OC(=O)c2ccccc2)[C@@H]1C. The highest BCUT2D eigenvalue weighted by Gasteiger charge is 2.52. The molecular weight excluding hydrogens is 524 g/mol. The van der Waals surface area contributed by atoms with Gasteiger partial charge < -0.3 is 38.3 Å². The van der Waals surface area contributed by atoms with Gasteiger partial charge in [0.05, 0.1) is 11.7 Å². The number of unbranched alkanes of at least 4 members (excludes halogenated alkanes) is 1. The lowest BCUT2D eigenvalue weighted by atomic mass is 9.87. The summed E-state index contributed by atoms with van der Waals surface area (Å²) in [5.41, 5.74) is 0.326. The van der Waals surface area contributed by atoms with E-state index in [0.29, 0.717) is 12.2 Å². The quantitative estimate of drug-likeness (QED) is 0.295. The maximum atomic E-state index is 13.1. The number of Topliss-reactive ketones (excluding diaryl/α,β-unsaturated/α-hetero) is 1. The van der Waals surface area contributed by atoms with E-state index in [1.54, 1.807) is 37.3 Å². The van der Waals surface area contributed by atoms with Crippen LogP contribution in [0.1, 0.15) is 57.8 Å². The zero-order chi connectivity index (χ0) is 29.4. The van der Waals surface area contributed by atoms with Crippen LogP contribution in [0, 0.1) is 11.8 Å². The van der Waals surface area contributed by atoms with E-state index in [9.17, 15) is 19.5 Å². The predicted octanol–water partition coefficient (Wildman–Crippen LogP) is 2.66. The Kier molecular flexibility index (Phi) is 12.0. The molecule has 1 aromatic rings. The van der Waals surface area contributed by atoms with E-state index in [-0.39, 0.29) is 12.4 Å². The molecule has 40 heavy (non-hydrogen) atoms. The molecule has 11 nitrogen and oxygen atoms in total. The van der Waals surface area contributed by atoms with E-state index >= 15 is 0 Å². The highest BCUT2D eigenvalue weighted by Crippen LogP contribution is 2.36. The van der Waals surface area contributed by atoms with Gasteiger partial charge in [0.15, 0.2) is 24.5 Å². The number of ketones is 1. The molecule has 2 saturated heterocycles. The second-order valence-corrected chi connectivity index (χ2v) is 10.3. The zero-order valence-corrected chi connectivity index (χ0v) is 24.0. The fraction of sp³-hybridized carbons (Fsp3) is 0.690. The molecule has 10 atom stereocenters. The van der Waals surface area contributed by atoms with Crippen LogP contribution >= 0.6 is 0 Å². The van der Waals surface area contributed by atoms with Crippen LogP contribution < -0.4 is 0 Å². The summed E-state index contributed by atoms with van der Waals surface area (Å²) in [5, 5.41) is 10.7. The summed E-state index contributed by atoms with van der Waals surface area (Å²) in [5.74, 6) is -2.30. The molecule has 0 spiro atoms. The topological polar surface area (TPSA) is 136 Å². The Bertz CT molecular complexity index is 970. The summed E-state index contributed by atoms with van der Waals surface area (Å²) < 4.78 is 41.2. The van der Waals surface area contributed by atoms with Crippen molar-refractivity contribution in [2.45, 2.75) is 96.7 Å². The lowest BCUT2D eigenvalue weighted by molar-refractivity contribution is -0.341. The molecule has 1 aromatic carbocycles. The van der Waals surface area contributed by atoms with Crippen molar-refractivity contribution in [3.05, 3.63) is 35.9 Å². The fourth-order valence-electron chi connectivity index (χ4n) is 5.20. The Balaban J connectivity index is 1.93. The van der Waals surface area contributed by atoms with E-state index in [1.165, 1.54) is 21.0 Å². The average molecular weight is 567 g/mol. The Morgan fingerprint density at radius 1 is 0.950 bits per heavy atom. The van der Waals surface area contributed by atoms with Gasteiger partial charge in [-0.25, -0.2) is 4.79 Å². The van der Waals surface area contributed by atoms with Crippen LogP contribution in [0.3, 0.4) is 0 Å². The first-order valence-electron chi connectivity index (χ1n) is 13.8. The number of rotatable bonds is 12. The van der Waals surface area contributed by atoms with E-state index in [0.717, 1.165) is 12.8 Å². The molecule has 0 amide bonds. The largest absolute Gasteiger partial charge is 0.463 e. The number of carbonyl (C=O) groups excluding carboxylic acids is 3. The maximum absolute atomic E-state index is 13.1. The molecular formula is C29H42O11. The third kappa shape index (κ3) is 7.86. The van der Waals surface area contributed by atoms with Crippen molar-refractivity contribution in [2.75, 3.05) is 20.3 Å². The standard InChI is InChI=1S/C29H42O11/c1-7-8-14-35-25-17(3)23(21(37-28(25)33)15-36-19(5)31)40-29-26(38-27(32)20-12-10-9-11-13-20)24(34-6)16(2)22(39-29)18(4)30/h9-13,16-17,21-26,28-29,33H,7-8,14-15H2,1-6H3/t16-,17-,21?,22?,23-,24+,25?,26?,28?,29-/m0/s1. The van der Waals surface area contributed by atoms with Crippen LogP contribution in [0.2, 0.25) is 0 Å². The van der Waals surface area contributed by atoms with Crippen molar-refractivity contribution in [3.63, 3.8) is 0 Å². The summed E-state index contributed by atoms with van der Waals surface area (Å²) in [4.78, 5) is 37.2. The van der Waals surface area contributed by atoms with Crippen molar-refractivity contribution in [1.82, 2.24) is 0 Å². The molecule has 2 heterocycles. The molecule has 0 saturated carbocycles. The molecule has 2 fully saturated rings. The zero-order valence-electron chi connectivity index (χ0n) is 24.0. The number of methoxy groups -OCH3 is 1. The molecule has 0 aromatic heterocycles. The van der Waals surface area contributed by atoms with Gasteiger partial charge in [-0.3, -0.25) is 9.59 Å². The number of aliphatic hydroxyl groups excluding tert-OH is 1. The normalized spacial score (nSPS) is 34.2. The first kappa shape index (κ1) is 32.1. The van der Waals surface area contributed by atoms with Crippen molar-refractivity contribution >= 4 is 17.7 Å². The number of esters is 2. The van der Waals surface area contributed by atoms with Crippen LogP contribution in [0.25, 0.3) is 0 Å². The summed E-state index contributed by atoms with van der Waals surface area (Å²) in [6.07, 6.45) is -6.02. The van der Waals surface area contributed by atoms with Gasteiger partial charge in [-0.1, -0.05) is 45.4 Å². The van der Waals surface area contributed by atoms with Gasteiger partial charge >= 0.3 is 11.9 Å². The Morgan fingerprint density at radius 3 is 2.25 bits per heavy atom. The van der Waals surface area contributed by atoms with Crippen molar-refractivity contribution in [3.8, 4) is 0 Å². The third-order valence-corrected chi connectivity index (χ3v) is 7.34. The molecule has 1 N–H and O–H groups in total. The first-order chi connectivity index (χ1) is 19.1. The number of hydrogen-bond acceptors (Lipinski definition) is 11. The molecule has 2 aliphatic rings.